The van der Waals surface area contributed by atoms with Crippen molar-refractivity contribution in [3.8, 4) is 0 Å². The Labute approximate surface area is 97.0 Å². The van der Waals surface area contributed by atoms with Crippen LogP contribution in [0.2, 0.25) is 0 Å². The van der Waals surface area contributed by atoms with Crippen LogP contribution in [0.15, 0.2) is 30.3 Å². The largest absolute Gasteiger partial charge is 0.350 e. The molecule has 0 fully saturated rings. The van der Waals surface area contributed by atoms with Gasteiger partial charge in [0.1, 0.15) is 0 Å². The molecular weight excluding hydrogens is 200 g/mol. The Bertz CT molecular complexity index is 324. The lowest BCUT2D eigenvalue weighted by molar-refractivity contribution is -0.122. The molecule has 0 aliphatic carbocycles. The molecule has 16 heavy (non-hydrogen) atoms. The maximum absolute atomic E-state index is 11.6. The molecule has 0 aliphatic heterocycles. The van der Waals surface area contributed by atoms with Gasteiger partial charge in [-0.25, -0.2) is 0 Å². The number of benzene rings is 1. The second-order valence-corrected chi connectivity index (χ2v) is 4.24. The number of rotatable bonds is 5. The SMILES string of the molecule is CC(CN)CC(=O)N[C@@H](C)c1ccccc1. The summed E-state index contributed by atoms with van der Waals surface area (Å²) in [6.45, 7) is 4.51. The van der Waals surface area contributed by atoms with E-state index in [2.05, 4.69) is 5.32 Å². The van der Waals surface area contributed by atoms with E-state index in [0.717, 1.165) is 5.56 Å². The molecule has 3 heteroatoms. The van der Waals surface area contributed by atoms with Crippen LogP contribution in [0.25, 0.3) is 0 Å². The van der Waals surface area contributed by atoms with Gasteiger partial charge >= 0.3 is 0 Å². The van der Waals surface area contributed by atoms with Gasteiger partial charge in [-0.3, -0.25) is 4.79 Å². The van der Waals surface area contributed by atoms with Crippen LogP contribution in [0.1, 0.15) is 31.9 Å². The molecule has 1 amide bonds. The van der Waals surface area contributed by atoms with Gasteiger partial charge in [0, 0.05) is 6.42 Å². The molecule has 3 nitrogen and oxygen atoms in total. The molecule has 1 aromatic carbocycles. The molecule has 0 spiro atoms. The molecule has 88 valence electrons. The van der Waals surface area contributed by atoms with Crippen molar-refractivity contribution in [2.24, 2.45) is 11.7 Å². The zero-order valence-electron chi connectivity index (χ0n) is 9.94. The second-order valence-electron chi connectivity index (χ2n) is 4.24. The van der Waals surface area contributed by atoms with E-state index in [1.807, 2.05) is 44.2 Å². The fraction of sp³-hybridized carbons (Fsp3) is 0.462. The maximum atomic E-state index is 11.6. The van der Waals surface area contributed by atoms with Crippen LogP contribution < -0.4 is 11.1 Å². The first-order chi connectivity index (χ1) is 7.63. The molecule has 2 atom stereocenters. The molecule has 1 rings (SSSR count). The van der Waals surface area contributed by atoms with Crippen LogP contribution in [-0.2, 0) is 4.79 Å². The average molecular weight is 220 g/mol. The van der Waals surface area contributed by atoms with Crippen LogP contribution in [0.5, 0.6) is 0 Å². The van der Waals surface area contributed by atoms with Gasteiger partial charge in [0.25, 0.3) is 0 Å². The van der Waals surface area contributed by atoms with E-state index in [1.54, 1.807) is 0 Å². The third-order valence-corrected chi connectivity index (χ3v) is 2.61. The number of hydrogen-bond acceptors (Lipinski definition) is 2. The molecule has 0 aliphatic rings. The third-order valence-electron chi connectivity index (χ3n) is 2.61. The van der Waals surface area contributed by atoms with E-state index in [1.165, 1.54) is 0 Å². The van der Waals surface area contributed by atoms with Crippen molar-refractivity contribution < 1.29 is 4.79 Å². The van der Waals surface area contributed by atoms with Crippen molar-refractivity contribution in [2.75, 3.05) is 6.54 Å². The Morgan fingerprint density at radius 1 is 1.31 bits per heavy atom. The van der Waals surface area contributed by atoms with Gasteiger partial charge in [0.05, 0.1) is 6.04 Å². The predicted molar refractivity (Wildman–Crippen MR) is 65.8 cm³/mol. The first kappa shape index (κ1) is 12.7. The number of hydrogen-bond donors (Lipinski definition) is 2. The highest BCUT2D eigenvalue weighted by Crippen LogP contribution is 2.11. The Morgan fingerprint density at radius 2 is 1.94 bits per heavy atom. The fourth-order valence-corrected chi connectivity index (χ4v) is 1.53. The van der Waals surface area contributed by atoms with Crippen molar-refractivity contribution in [3.05, 3.63) is 35.9 Å². The van der Waals surface area contributed by atoms with Crippen LogP contribution in [0.3, 0.4) is 0 Å². The standard InChI is InChI=1S/C13H20N2O/c1-10(9-14)8-13(16)15-11(2)12-6-4-3-5-7-12/h3-7,10-11H,8-9,14H2,1-2H3,(H,15,16)/t10?,11-/m0/s1. The van der Waals surface area contributed by atoms with E-state index >= 15 is 0 Å². The van der Waals surface area contributed by atoms with Gasteiger partial charge in [-0.05, 0) is 24.9 Å². The van der Waals surface area contributed by atoms with Gasteiger partial charge in [0.15, 0.2) is 0 Å². The minimum absolute atomic E-state index is 0.0543. The van der Waals surface area contributed by atoms with Crippen molar-refractivity contribution in [1.29, 1.82) is 0 Å². The summed E-state index contributed by atoms with van der Waals surface area (Å²) in [6.07, 6.45) is 0.494. The van der Waals surface area contributed by atoms with Crippen LogP contribution in [0, 0.1) is 5.92 Å². The second kappa shape index (κ2) is 6.28. The molecule has 0 heterocycles. The highest BCUT2D eigenvalue weighted by Gasteiger charge is 2.11. The summed E-state index contributed by atoms with van der Waals surface area (Å²) < 4.78 is 0. The van der Waals surface area contributed by atoms with Crippen LogP contribution >= 0.6 is 0 Å². The third kappa shape index (κ3) is 4.03. The minimum Gasteiger partial charge on any atom is -0.350 e. The summed E-state index contributed by atoms with van der Waals surface area (Å²) in [7, 11) is 0. The highest BCUT2D eigenvalue weighted by atomic mass is 16.1. The molecule has 0 saturated heterocycles. The lowest BCUT2D eigenvalue weighted by atomic mass is 10.1. The zero-order chi connectivity index (χ0) is 12.0. The van der Waals surface area contributed by atoms with Crippen LogP contribution in [0.4, 0.5) is 0 Å². The van der Waals surface area contributed by atoms with E-state index in [9.17, 15) is 4.79 Å². The number of nitrogens with two attached hydrogens (primary N) is 1. The van der Waals surface area contributed by atoms with Gasteiger partial charge < -0.3 is 11.1 Å². The number of nitrogens with one attached hydrogen (secondary N) is 1. The molecule has 0 bridgehead atoms. The average Bonchev–Trinajstić information content (AvgIpc) is 2.29. The van der Waals surface area contributed by atoms with Crippen LogP contribution in [-0.4, -0.2) is 12.5 Å². The Balaban J connectivity index is 2.46. The predicted octanol–water partition coefficient (Wildman–Crippen LogP) is 1.85. The zero-order valence-corrected chi connectivity index (χ0v) is 9.94. The van der Waals surface area contributed by atoms with E-state index in [4.69, 9.17) is 5.73 Å². The van der Waals surface area contributed by atoms with Gasteiger partial charge in [-0.15, -0.1) is 0 Å². The molecule has 0 radical (unpaired) electrons. The summed E-state index contributed by atoms with van der Waals surface area (Å²) >= 11 is 0. The van der Waals surface area contributed by atoms with Gasteiger partial charge in [-0.1, -0.05) is 37.3 Å². The molecule has 3 N–H and O–H groups in total. The number of carbonyl (C=O) groups is 1. The van der Waals surface area contributed by atoms with Crippen molar-refractivity contribution in [1.82, 2.24) is 5.32 Å². The Morgan fingerprint density at radius 3 is 2.50 bits per heavy atom. The van der Waals surface area contributed by atoms with Crippen molar-refractivity contribution in [3.63, 3.8) is 0 Å². The Kier molecular flexibility index (Phi) is 4.99. The lowest BCUT2D eigenvalue weighted by Gasteiger charge is -2.15. The van der Waals surface area contributed by atoms with E-state index in [-0.39, 0.29) is 17.9 Å². The molecule has 1 unspecified atom stereocenters. The van der Waals surface area contributed by atoms with E-state index in [0.29, 0.717) is 13.0 Å². The summed E-state index contributed by atoms with van der Waals surface area (Å²) in [5, 5.41) is 2.97. The number of carbonyl (C=O) groups excluding carboxylic acids is 1. The topological polar surface area (TPSA) is 55.1 Å². The first-order valence-corrected chi connectivity index (χ1v) is 5.68. The monoisotopic (exact) mass is 220 g/mol. The smallest absolute Gasteiger partial charge is 0.220 e. The normalized spacial score (nSPS) is 14.2. The Hall–Kier alpha value is -1.35. The lowest BCUT2D eigenvalue weighted by Crippen LogP contribution is -2.29. The maximum Gasteiger partial charge on any atom is 0.220 e. The molecule has 1 aromatic rings. The van der Waals surface area contributed by atoms with Gasteiger partial charge in [-0.2, -0.15) is 0 Å². The summed E-state index contributed by atoms with van der Waals surface area (Å²) in [5.41, 5.74) is 6.60. The molecular formula is C13H20N2O. The number of amides is 1. The first-order valence-electron chi connectivity index (χ1n) is 5.68. The summed E-state index contributed by atoms with van der Waals surface area (Å²) in [6, 6.07) is 9.99. The molecule has 0 saturated carbocycles. The minimum atomic E-state index is 0.0543. The highest BCUT2D eigenvalue weighted by molar-refractivity contribution is 5.76. The quantitative estimate of drug-likeness (QED) is 0.795. The van der Waals surface area contributed by atoms with E-state index < -0.39 is 0 Å². The summed E-state index contributed by atoms with van der Waals surface area (Å²) in [5.74, 6) is 0.303. The van der Waals surface area contributed by atoms with Crippen molar-refractivity contribution in [2.45, 2.75) is 26.3 Å². The van der Waals surface area contributed by atoms with Crippen molar-refractivity contribution >= 4 is 5.91 Å². The van der Waals surface area contributed by atoms with Gasteiger partial charge in [0.2, 0.25) is 5.91 Å². The summed E-state index contributed by atoms with van der Waals surface area (Å²) in [4.78, 5) is 11.6. The molecule has 0 aromatic heterocycles. The fourth-order valence-electron chi connectivity index (χ4n) is 1.53.